The number of nitriles is 1. The third kappa shape index (κ3) is 7.81. The van der Waals surface area contributed by atoms with Crippen LogP contribution in [-0.2, 0) is 14.3 Å². The number of benzene rings is 3. The minimum absolute atomic E-state index is 0.142. The summed E-state index contributed by atoms with van der Waals surface area (Å²) in [6.45, 7) is 1.91. The van der Waals surface area contributed by atoms with Gasteiger partial charge in [-0.3, -0.25) is 9.59 Å². The van der Waals surface area contributed by atoms with E-state index in [1.165, 1.54) is 37.5 Å². The molecule has 0 saturated carbocycles. The number of hydrogen-bond donors (Lipinski definition) is 2. The number of hydrogen-bond acceptors (Lipinski definition) is 7. The van der Waals surface area contributed by atoms with E-state index in [4.69, 9.17) is 9.47 Å². The molecule has 3 rings (SSSR count). The summed E-state index contributed by atoms with van der Waals surface area (Å²) in [7, 11) is 1.28. The van der Waals surface area contributed by atoms with Crippen LogP contribution in [0.15, 0.2) is 72.3 Å². The number of esters is 1. The van der Waals surface area contributed by atoms with E-state index >= 15 is 0 Å². The molecule has 3 aromatic rings. The average molecular weight is 625 g/mol. The summed E-state index contributed by atoms with van der Waals surface area (Å²) in [4.78, 5) is 36.6. The number of anilines is 2. The van der Waals surface area contributed by atoms with E-state index in [2.05, 4.69) is 15.4 Å². The van der Waals surface area contributed by atoms with Crippen molar-refractivity contribution in [1.82, 2.24) is 0 Å². The van der Waals surface area contributed by atoms with Crippen molar-refractivity contribution < 1.29 is 28.6 Å². The molecule has 10 heteroatoms. The summed E-state index contributed by atoms with van der Waals surface area (Å²) < 4.78 is 16.8. The number of rotatable bonds is 10. The first-order valence-corrected chi connectivity index (χ1v) is 12.5. The van der Waals surface area contributed by atoms with Gasteiger partial charge in [-0.15, -0.1) is 0 Å². The molecule has 0 atom stereocenters. The molecule has 38 heavy (non-hydrogen) atoms. The fourth-order valence-corrected chi connectivity index (χ4v) is 4.03. The molecule has 0 spiro atoms. The van der Waals surface area contributed by atoms with Gasteiger partial charge in [-0.25, -0.2) is 4.79 Å². The maximum atomic E-state index is 12.7. The first kappa shape index (κ1) is 28.2. The van der Waals surface area contributed by atoms with E-state index in [-0.39, 0.29) is 18.1 Å². The minimum Gasteiger partial charge on any atom is -0.490 e. The van der Waals surface area contributed by atoms with Crippen LogP contribution in [0.2, 0.25) is 0 Å². The molecule has 0 fully saturated rings. The molecule has 0 aliphatic heterocycles. The van der Waals surface area contributed by atoms with E-state index < -0.39 is 11.9 Å². The monoisotopic (exact) mass is 625 g/mol. The fourth-order valence-electron chi connectivity index (χ4n) is 3.25. The van der Waals surface area contributed by atoms with Crippen molar-refractivity contribution >= 4 is 57.8 Å². The van der Waals surface area contributed by atoms with Gasteiger partial charge < -0.3 is 24.8 Å². The zero-order valence-corrected chi connectivity index (χ0v) is 22.8. The van der Waals surface area contributed by atoms with Crippen LogP contribution in [-0.4, -0.2) is 38.1 Å². The largest absolute Gasteiger partial charge is 0.490 e. The van der Waals surface area contributed by atoms with E-state index in [0.717, 1.165) is 0 Å². The van der Waals surface area contributed by atoms with Gasteiger partial charge in [0.05, 0.1) is 22.9 Å². The molecule has 0 aliphatic rings. The Bertz CT molecular complexity index is 1380. The maximum Gasteiger partial charge on any atom is 0.337 e. The molecule has 9 nitrogen and oxygen atoms in total. The molecule has 194 valence electrons. The second-order valence-electron chi connectivity index (χ2n) is 7.66. The van der Waals surface area contributed by atoms with Gasteiger partial charge in [0.1, 0.15) is 11.6 Å². The third-order valence-electron chi connectivity index (χ3n) is 4.98. The van der Waals surface area contributed by atoms with Gasteiger partial charge in [-0.05, 0) is 89.7 Å². The minimum atomic E-state index is -0.621. The highest BCUT2D eigenvalue weighted by Crippen LogP contribution is 2.35. The van der Waals surface area contributed by atoms with Gasteiger partial charge in [0.2, 0.25) is 0 Å². The maximum absolute atomic E-state index is 12.7. The van der Waals surface area contributed by atoms with Crippen LogP contribution in [0.5, 0.6) is 11.5 Å². The summed E-state index contributed by atoms with van der Waals surface area (Å²) >= 11 is 2.04. The second kappa shape index (κ2) is 13.8. The molecule has 0 aromatic heterocycles. The number of ether oxygens (including phenoxy) is 3. The van der Waals surface area contributed by atoms with Crippen molar-refractivity contribution in [3.05, 3.63) is 87.0 Å². The Kier molecular flexibility index (Phi) is 10.2. The zero-order chi connectivity index (χ0) is 27.5. The van der Waals surface area contributed by atoms with Gasteiger partial charge in [0, 0.05) is 11.4 Å². The number of methoxy groups -OCH3 is 1. The first-order chi connectivity index (χ1) is 18.3. The van der Waals surface area contributed by atoms with Crippen molar-refractivity contribution in [2.75, 3.05) is 31.0 Å². The Morgan fingerprint density at radius 3 is 2.29 bits per heavy atom. The number of nitrogens with zero attached hydrogens (tertiary/aromatic N) is 1. The predicted molar refractivity (Wildman–Crippen MR) is 151 cm³/mol. The molecular weight excluding hydrogens is 601 g/mol. The topological polar surface area (TPSA) is 127 Å². The molecule has 0 aliphatic carbocycles. The highest BCUT2D eigenvalue weighted by molar-refractivity contribution is 14.1. The molecule has 0 bridgehead atoms. The number of carbonyl (C=O) groups excluding carboxylic acids is 3. The Balaban J connectivity index is 1.75. The average Bonchev–Trinajstić information content (AvgIpc) is 2.92. The lowest BCUT2D eigenvalue weighted by Crippen LogP contribution is -2.20. The quantitative estimate of drug-likeness (QED) is 0.140. The van der Waals surface area contributed by atoms with Crippen molar-refractivity contribution in [3.8, 4) is 17.6 Å². The van der Waals surface area contributed by atoms with Gasteiger partial charge in [0.15, 0.2) is 18.1 Å². The van der Waals surface area contributed by atoms with Crippen LogP contribution in [0.3, 0.4) is 0 Å². The number of carbonyl (C=O) groups is 3. The van der Waals surface area contributed by atoms with Crippen LogP contribution in [0.4, 0.5) is 11.4 Å². The lowest BCUT2D eigenvalue weighted by molar-refractivity contribution is -0.118. The smallest absolute Gasteiger partial charge is 0.337 e. The number of halogens is 1. The number of amides is 2. The fraction of sp³-hybridized carbons (Fsp3) is 0.143. The van der Waals surface area contributed by atoms with Crippen molar-refractivity contribution in [2.24, 2.45) is 0 Å². The molecular formula is C28H24IN3O6. The highest BCUT2D eigenvalue weighted by atomic mass is 127. The lowest BCUT2D eigenvalue weighted by Gasteiger charge is -2.15. The summed E-state index contributed by atoms with van der Waals surface area (Å²) in [5.74, 6) is -0.703. The predicted octanol–water partition coefficient (Wildman–Crippen LogP) is 5.04. The van der Waals surface area contributed by atoms with Crippen molar-refractivity contribution in [2.45, 2.75) is 6.92 Å². The van der Waals surface area contributed by atoms with E-state index in [1.54, 1.807) is 31.2 Å². The van der Waals surface area contributed by atoms with Crippen molar-refractivity contribution in [1.29, 1.82) is 5.26 Å². The van der Waals surface area contributed by atoms with Crippen LogP contribution in [0.1, 0.15) is 22.8 Å². The van der Waals surface area contributed by atoms with E-state index in [1.807, 2.05) is 46.9 Å². The van der Waals surface area contributed by atoms with Crippen molar-refractivity contribution in [3.63, 3.8) is 0 Å². The normalized spacial score (nSPS) is 10.6. The lowest BCUT2D eigenvalue weighted by atomic mass is 10.1. The van der Waals surface area contributed by atoms with Crippen LogP contribution in [0.25, 0.3) is 6.08 Å². The van der Waals surface area contributed by atoms with Gasteiger partial charge >= 0.3 is 5.97 Å². The summed E-state index contributed by atoms with van der Waals surface area (Å²) in [5.41, 5.74) is 1.79. The van der Waals surface area contributed by atoms with Crippen LogP contribution in [0, 0.1) is 14.9 Å². The second-order valence-corrected chi connectivity index (χ2v) is 8.82. The third-order valence-corrected chi connectivity index (χ3v) is 5.78. The number of para-hydroxylation sites is 1. The van der Waals surface area contributed by atoms with E-state index in [0.29, 0.717) is 44.2 Å². The van der Waals surface area contributed by atoms with Crippen LogP contribution >= 0.6 is 22.6 Å². The Morgan fingerprint density at radius 1 is 0.974 bits per heavy atom. The van der Waals surface area contributed by atoms with Crippen LogP contribution < -0.4 is 20.1 Å². The molecule has 2 amide bonds. The molecule has 2 N–H and O–H groups in total. The Hall–Kier alpha value is -4.37. The Morgan fingerprint density at radius 2 is 1.66 bits per heavy atom. The molecule has 0 saturated heterocycles. The van der Waals surface area contributed by atoms with Gasteiger partial charge in [-0.2, -0.15) is 5.26 Å². The van der Waals surface area contributed by atoms with Gasteiger partial charge in [0.25, 0.3) is 11.8 Å². The zero-order valence-electron chi connectivity index (χ0n) is 20.6. The van der Waals surface area contributed by atoms with E-state index in [9.17, 15) is 19.6 Å². The molecule has 0 unspecified atom stereocenters. The molecule has 0 heterocycles. The number of nitrogens with one attached hydrogen (secondary N) is 2. The first-order valence-electron chi connectivity index (χ1n) is 11.4. The molecule has 3 aromatic carbocycles. The Labute approximate surface area is 233 Å². The molecule has 0 radical (unpaired) electrons. The SMILES string of the molecule is CCOc1cc(/C=C(\C#N)C(=O)Nc2ccc(C(=O)OC)cc2)cc(I)c1OCC(=O)Nc1ccccc1. The summed E-state index contributed by atoms with van der Waals surface area (Å²) in [6, 6.07) is 20.4. The summed E-state index contributed by atoms with van der Waals surface area (Å²) in [5, 5.41) is 15.0. The summed E-state index contributed by atoms with van der Waals surface area (Å²) in [6.07, 6.45) is 1.43. The van der Waals surface area contributed by atoms with Gasteiger partial charge in [-0.1, -0.05) is 18.2 Å². The standard InChI is InChI=1S/C28H24IN3O6/c1-3-37-24-15-18(14-23(29)26(24)38-17-25(33)31-21-7-5-4-6-8-21)13-20(16-30)27(34)32-22-11-9-19(10-12-22)28(35)36-2/h4-15H,3,17H2,1-2H3,(H,31,33)(H,32,34)/b20-13+. The highest BCUT2D eigenvalue weighted by Gasteiger charge is 2.16.